The summed E-state index contributed by atoms with van der Waals surface area (Å²) in [5.74, 6) is 1.37. The van der Waals surface area contributed by atoms with Crippen LogP contribution in [0.1, 0.15) is 16.0 Å². The molecule has 0 radical (unpaired) electrons. The van der Waals surface area contributed by atoms with Crippen LogP contribution in [0.15, 0.2) is 30.3 Å². The molecular weight excluding hydrogens is 398 g/mol. The molecule has 2 nitrogen and oxygen atoms in total. The van der Waals surface area contributed by atoms with Crippen molar-refractivity contribution in [1.29, 1.82) is 0 Å². The highest BCUT2D eigenvalue weighted by atomic mass is 79.9. The molecule has 0 aliphatic carbocycles. The standard InChI is InChI=1S/C15H10BrCl3O2/c16-15(8-1-2-10(17)12(19)5-8)9-6-13-14(7-11(9)18)21-4-3-20-13/h1-2,5-7,15H,3-4H2. The van der Waals surface area contributed by atoms with E-state index in [4.69, 9.17) is 44.3 Å². The van der Waals surface area contributed by atoms with Crippen LogP contribution < -0.4 is 9.47 Å². The fourth-order valence-electron chi connectivity index (χ4n) is 2.12. The summed E-state index contributed by atoms with van der Waals surface area (Å²) in [7, 11) is 0. The number of alkyl halides is 1. The van der Waals surface area contributed by atoms with E-state index in [0.717, 1.165) is 11.1 Å². The van der Waals surface area contributed by atoms with E-state index in [9.17, 15) is 0 Å². The molecule has 21 heavy (non-hydrogen) atoms. The maximum absolute atomic E-state index is 6.35. The normalized spacial score (nSPS) is 14.9. The summed E-state index contributed by atoms with van der Waals surface area (Å²) in [6, 6.07) is 9.15. The lowest BCUT2D eigenvalue weighted by atomic mass is 10.0. The Balaban J connectivity index is 2.00. The van der Waals surface area contributed by atoms with Gasteiger partial charge in [0, 0.05) is 11.1 Å². The van der Waals surface area contributed by atoms with Gasteiger partial charge in [0.1, 0.15) is 13.2 Å². The van der Waals surface area contributed by atoms with Crippen molar-refractivity contribution in [1.82, 2.24) is 0 Å². The van der Waals surface area contributed by atoms with Gasteiger partial charge in [0.05, 0.1) is 14.9 Å². The number of hydrogen-bond donors (Lipinski definition) is 0. The lowest BCUT2D eigenvalue weighted by Crippen LogP contribution is -2.15. The monoisotopic (exact) mass is 406 g/mol. The number of fused-ring (bicyclic) bond motifs is 1. The Morgan fingerprint density at radius 3 is 2.19 bits per heavy atom. The van der Waals surface area contributed by atoms with Crippen LogP contribution in [0.2, 0.25) is 15.1 Å². The molecule has 3 rings (SSSR count). The Kier molecular flexibility index (Phi) is 4.55. The number of halogens is 4. The van der Waals surface area contributed by atoms with Crippen molar-refractivity contribution in [2.75, 3.05) is 13.2 Å². The van der Waals surface area contributed by atoms with Crippen molar-refractivity contribution < 1.29 is 9.47 Å². The van der Waals surface area contributed by atoms with Gasteiger partial charge in [-0.15, -0.1) is 0 Å². The van der Waals surface area contributed by atoms with Crippen LogP contribution >= 0.6 is 50.7 Å². The molecule has 6 heteroatoms. The Hall–Kier alpha value is -0.610. The second-order valence-electron chi connectivity index (χ2n) is 4.55. The molecule has 2 aromatic rings. The SMILES string of the molecule is Clc1ccc(C(Br)c2cc3c(cc2Cl)OCCO3)cc1Cl. The molecule has 1 aliphatic heterocycles. The summed E-state index contributed by atoms with van der Waals surface area (Å²) in [6.07, 6.45) is 0. The van der Waals surface area contributed by atoms with E-state index < -0.39 is 0 Å². The Bertz CT molecular complexity index is 691. The molecule has 0 spiro atoms. The first kappa shape index (κ1) is 15.3. The van der Waals surface area contributed by atoms with E-state index in [1.165, 1.54) is 0 Å². The van der Waals surface area contributed by atoms with Crippen molar-refractivity contribution in [3.63, 3.8) is 0 Å². The van der Waals surface area contributed by atoms with Crippen LogP contribution in [0.4, 0.5) is 0 Å². The van der Waals surface area contributed by atoms with Crippen LogP contribution in [-0.4, -0.2) is 13.2 Å². The average Bonchev–Trinajstić information content (AvgIpc) is 2.48. The van der Waals surface area contributed by atoms with Crippen molar-refractivity contribution in [3.8, 4) is 11.5 Å². The smallest absolute Gasteiger partial charge is 0.162 e. The Morgan fingerprint density at radius 1 is 0.857 bits per heavy atom. The first-order chi connectivity index (χ1) is 10.1. The first-order valence-corrected chi connectivity index (χ1v) is 8.29. The van der Waals surface area contributed by atoms with Crippen LogP contribution in [-0.2, 0) is 0 Å². The second kappa shape index (κ2) is 6.25. The molecule has 1 unspecified atom stereocenters. The molecule has 1 heterocycles. The van der Waals surface area contributed by atoms with Gasteiger partial charge in [0.15, 0.2) is 11.5 Å². The van der Waals surface area contributed by atoms with Gasteiger partial charge in [0.2, 0.25) is 0 Å². The summed E-state index contributed by atoms with van der Waals surface area (Å²) >= 11 is 22.0. The van der Waals surface area contributed by atoms with Crippen molar-refractivity contribution in [2.45, 2.75) is 4.83 Å². The van der Waals surface area contributed by atoms with E-state index >= 15 is 0 Å². The van der Waals surface area contributed by atoms with Crippen molar-refractivity contribution in [2.24, 2.45) is 0 Å². The van der Waals surface area contributed by atoms with Crippen LogP contribution in [0.25, 0.3) is 0 Å². The van der Waals surface area contributed by atoms with Gasteiger partial charge in [-0.25, -0.2) is 0 Å². The van der Waals surface area contributed by atoms with Gasteiger partial charge in [-0.1, -0.05) is 56.8 Å². The highest BCUT2D eigenvalue weighted by molar-refractivity contribution is 9.09. The number of hydrogen-bond acceptors (Lipinski definition) is 2. The van der Waals surface area contributed by atoms with Gasteiger partial charge in [-0.2, -0.15) is 0 Å². The number of benzene rings is 2. The van der Waals surface area contributed by atoms with Gasteiger partial charge in [-0.05, 0) is 29.3 Å². The van der Waals surface area contributed by atoms with Gasteiger partial charge in [0.25, 0.3) is 0 Å². The third-order valence-electron chi connectivity index (χ3n) is 3.17. The fraction of sp³-hybridized carbons (Fsp3) is 0.200. The predicted molar refractivity (Wildman–Crippen MR) is 89.7 cm³/mol. The van der Waals surface area contributed by atoms with Crippen LogP contribution in [0, 0.1) is 0 Å². The minimum atomic E-state index is -0.115. The van der Waals surface area contributed by atoms with Gasteiger partial charge >= 0.3 is 0 Å². The van der Waals surface area contributed by atoms with E-state index in [0.29, 0.717) is 39.8 Å². The van der Waals surface area contributed by atoms with Crippen LogP contribution in [0.3, 0.4) is 0 Å². The lowest BCUT2D eigenvalue weighted by Gasteiger charge is -2.21. The van der Waals surface area contributed by atoms with Crippen LogP contribution in [0.5, 0.6) is 11.5 Å². The molecule has 2 aromatic carbocycles. The molecule has 0 saturated carbocycles. The zero-order chi connectivity index (χ0) is 15.0. The van der Waals surface area contributed by atoms with E-state index in [1.54, 1.807) is 12.1 Å². The molecule has 0 amide bonds. The van der Waals surface area contributed by atoms with Gasteiger partial charge < -0.3 is 9.47 Å². The molecule has 0 aromatic heterocycles. The summed E-state index contributed by atoms with van der Waals surface area (Å²) in [6.45, 7) is 1.07. The molecule has 110 valence electrons. The summed E-state index contributed by atoms with van der Waals surface area (Å²) in [5, 5.41) is 1.63. The zero-order valence-electron chi connectivity index (χ0n) is 10.7. The molecule has 0 N–H and O–H groups in total. The van der Waals surface area contributed by atoms with E-state index in [-0.39, 0.29) is 4.83 Å². The summed E-state index contributed by atoms with van der Waals surface area (Å²) in [4.78, 5) is -0.115. The maximum Gasteiger partial charge on any atom is 0.162 e. The maximum atomic E-state index is 6.35. The topological polar surface area (TPSA) is 18.5 Å². The second-order valence-corrected chi connectivity index (χ2v) is 6.69. The van der Waals surface area contributed by atoms with Crippen molar-refractivity contribution in [3.05, 3.63) is 56.5 Å². The van der Waals surface area contributed by atoms with E-state index in [2.05, 4.69) is 15.9 Å². The predicted octanol–water partition coefficient (Wildman–Crippen LogP) is 5.90. The zero-order valence-corrected chi connectivity index (χ0v) is 14.6. The largest absolute Gasteiger partial charge is 0.486 e. The minimum absolute atomic E-state index is 0.115. The Labute approximate surface area is 146 Å². The van der Waals surface area contributed by atoms with Gasteiger partial charge in [-0.3, -0.25) is 0 Å². The highest BCUT2D eigenvalue weighted by Crippen LogP contribution is 2.43. The summed E-state index contributed by atoms with van der Waals surface area (Å²) in [5.41, 5.74) is 1.85. The molecule has 0 fully saturated rings. The van der Waals surface area contributed by atoms with E-state index in [1.807, 2.05) is 18.2 Å². The highest BCUT2D eigenvalue weighted by Gasteiger charge is 2.20. The molecule has 0 saturated heterocycles. The Morgan fingerprint density at radius 2 is 1.52 bits per heavy atom. The first-order valence-electron chi connectivity index (χ1n) is 6.24. The number of rotatable bonds is 2. The molecule has 1 aliphatic rings. The van der Waals surface area contributed by atoms with Crippen molar-refractivity contribution >= 4 is 50.7 Å². The lowest BCUT2D eigenvalue weighted by molar-refractivity contribution is 0.171. The summed E-state index contributed by atoms with van der Waals surface area (Å²) < 4.78 is 11.1. The quantitative estimate of drug-likeness (QED) is 0.576. The average molecular weight is 409 g/mol. The minimum Gasteiger partial charge on any atom is -0.486 e. The molecule has 0 bridgehead atoms. The number of ether oxygens (including phenoxy) is 2. The molecular formula is C15H10BrCl3O2. The molecule has 1 atom stereocenters. The third kappa shape index (κ3) is 3.11. The third-order valence-corrected chi connectivity index (χ3v) is 5.26. The fourth-order valence-corrected chi connectivity index (χ4v) is 3.49.